The molecule has 0 fully saturated rings. The number of rotatable bonds is 1. The summed E-state index contributed by atoms with van der Waals surface area (Å²) in [6.45, 7) is 2.11. The Kier molecular flexibility index (Phi) is 2.33. The van der Waals surface area contributed by atoms with Crippen molar-refractivity contribution in [1.82, 2.24) is 9.55 Å². The summed E-state index contributed by atoms with van der Waals surface area (Å²) in [6.07, 6.45) is 0.890. The van der Waals surface area contributed by atoms with Gasteiger partial charge >= 0.3 is 0 Å². The second-order valence-electron chi connectivity index (χ2n) is 4.22. The van der Waals surface area contributed by atoms with Gasteiger partial charge in [-0.2, -0.15) is 0 Å². The first-order chi connectivity index (χ1) is 8.22. The minimum atomic E-state index is 0.575. The number of aryl methyl sites for hydroxylation is 2. The third-order valence-corrected chi connectivity index (χ3v) is 3.45. The topological polar surface area (TPSA) is 17.8 Å². The predicted octanol–water partition coefficient (Wildman–Crippen LogP) is 3.94. The average molecular weight is 245 g/mol. The fourth-order valence-electron chi connectivity index (χ4n) is 2.50. The van der Waals surface area contributed by atoms with Gasteiger partial charge in [0.25, 0.3) is 0 Å². The van der Waals surface area contributed by atoms with Gasteiger partial charge in [-0.15, -0.1) is 0 Å². The van der Waals surface area contributed by atoms with E-state index in [0.717, 1.165) is 12.1 Å². The lowest BCUT2D eigenvalue weighted by Gasteiger charge is -2.03. The lowest BCUT2D eigenvalue weighted by atomic mass is 10.1. The lowest BCUT2D eigenvalue weighted by molar-refractivity contribution is 0.968. The maximum atomic E-state index is 6.09. The van der Waals surface area contributed by atoms with Gasteiger partial charge < -0.3 is 4.57 Å². The van der Waals surface area contributed by atoms with E-state index in [2.05, 4.69) is 47.8 Å². The molecule has 1 aromatic carbocycles. The highest BCUT2D eigenvalue weighted by Gasteiger charge is 2.12. The highest BCUT2D eigenvalue weighted by molar-refractivity contribution is 6.30. The van der Waals surface area contributed by atoms with Crippen LogP contribution in [0, 0.1) is 0 Å². The van der Waals surface area contributed by atoms with Crippen LogP contribution in [0.3, 0.4) is 0 Å². The molecule has 2 nitrogen and oxygen atoms in total. The van der Waals surface area contributed by atoms with Crippen molar-refractivity contribution in [3.8, 4) is 0 Å². The van der Waals surface area contributed by atoms with Crippen LogP contribution in [0.1, 0.15) is 12.6 Å². The van der Waals surface area contributed by atoms with E-state index in [1.54, 1.807) is 0 Å². The molecule has 2 heterocycles. The number of fused-ring (bicyclic) bond motifs is 3. The molecule has 0 spiro atoms. The van der Waals surface area contributed by atoms with Crippen molar-refractivity contribution in [1.29, 1.82) is 0 Å². The number of aromatic nitrogens is 2. The zero-order valence-electron chi connectivity index (χ0n) is 9.87. The van der Waals surface area contributed by atoms with E-state index in [1.165, 1.54) is 21.8 Å². The molecule has 0 atom stereocenters. The molecule has 0 amide bonds. The maximum absolute atomic E-state index is 6.09. The van der Waals surface area contributed by atoms with Crippen LogP contribution in [0.5, 0.6) is 0 Å². The van der Waals surface area contributed by atoms with Crippen molar-refractivity contribution in [2.45, 2.75) is 13.3 Å². The van der Waals surface area contributed by atoms with Crippen molar-refractivity contribution in [3.05, 3.63) is 41.2 Å². The van der Waals surface area contributed by atoms with Gasteiger partial charge in [-0.05, 0) is 18.6 Å². The largest absolute Gasteiger partial charge is 0.342 e. The van der Waals surface area contributed by atoms with Crippen molar-refractivity contribution in [2.24, 2.45) is 7.05 Å². The number of para-hydroxylation sites is 1. The van der Waals surface area contributed by atoms with E-state index in [-0.39, 0.29) is 0 Å². The highest BCUT2D eigenvalue weighted by Crippen LogP contribution is 2.31. The Morgan fingerprint density at radius 2 is 2.00 bits per heavy atom. The second-order valence-corrected chi connectivity index (χ2v) is 4.60. The van der Waals surface area contributed by atoms with Crippen LogP contribution in [0.2, 0.25) is 5.15 Å². The molecule has 0 aliphatic rings. The van der Waals surface area contributed by atoms with Crippen LogP contribution in [0.15, 0.2) is 30.3 Å². The molecule has 0 saturated heterocycles. The number of pyridine rings is 1. The summed E-state index contributed by atoms with van der Waals surface area (Å²) in [4.78, 5) is 4.42. The average Bonchev–Trinajstić information content (AvgIpc) is 2.63. The molecule has 0 radical (unpaired) electrons. The van der Waals surface area contributed by atoms with Crippen LogP contribution in [0.25, 0.3) is 21.8 Å². The van der Waals surface area contributed by atoms with Gasteiger partial charge in [0.2, 0.25) is 0 Å². The molecule has 17 heavy (non-hydrogen) atoms. The summed E-state index contributed by atoms with van der Waals surface area (Å²) < 4.78 is 2.20. The first-order valence-corrected chi connectivity index (χ1v) is 6.12. The standard InChI is InChI=1S/C14H13ClN2/c1-3-11-14-10(8-13(15)16-11)9-6-4-5-7-12(9)17(14)2/h4-8H,3H2,1-2H3. The smallest absolute Gasteiger partial charge is 0.130 e. The second kappa shape index (κ2) is 3.74. The molecule has 0 aliphatic heterocycles. The van der Waals surface area contributed by atoms with Crippen molar-refractivity contribution in [3.63, 3.8) is 0 Å². The van der Waals surface area contributed by atoms with E-state index < -0.39 is 0 Å². The van der Waals surface area contributed by atoms with E-state index in [1.807, 2.05) is 6.07 Å². The Morgan fingerprint density at radius 1 is 1.24 bits per heavy atom. The third-order valence-electron chi connectivity index (χ3n) is 3.26. The Bertz CT molecular complexity index is 713. The summed E-state index contributed by atoms with van der Waals surface area (Å²) >= 11 is 6.09. The fraction of sp³-hybridized carbons (Fsp3) is 0.214. The lowest BCUT2D eigenvalue weighted by Crippen LogP contribution is -1.95. The molecule has 2 aromatic heterocycles. The van der Waals surface area contributed by atoms with Gasteiger partial charge in [-0.1, -0.05) is 36.7 Å². The molecule has 0 bridgehead atoms. The van der Waals surface area contributed by atoms with Gasteiger partial charge in [0.1, 0.15) is 5.15 Å². The maximum Gasteiger partial charge on any atom is 0.130 e. The van der Waals surface area contributed by atoms with Gasteiger partial charge in [0.05, 0.1) is 11.2 Å². The molecule has 3 aromatic rings. The fourth-order valence-corrected chi connectivity index (χ4v) is 2.71. The Labute approximate surface area is 105 Å². The zero-order valence-corrected chi connectivity index (χ0v) is 10.6. The number of benzene rings is 1. The van der Waals surface area contributed by atoms with Gasteiger partial charge in [-0.3, -0.25) is 0 Å². The van der Waals surface area contributed by atoms with Crippen LogP contribution in [-0.2, 0) is 13.5 Å². The van der Waals surface area contributed by atoms with Gasteiger partial charge in [0, 0.05) is 23.3 Å². The van der Waals surface area contributed by atoms with E-state index >= 15 is 0 Å². The van der Waals surface area contributed by atoms with Gasteiger partial charge in [-0.25, -0.2) is 4.98 Å². The quantitative estimate of drug-likeness (QED) is 0.593. The van der Waals surface area contributed by atoms with Crippen molar-refractivity contribution >= 4 is 33.4 Å². The van der Waals surface area contributed by atoms with Crippen LogP contribution in [-0.4, -0.2) is 9.55 Å². The number of hydrogen-bond donors (Lipinski definition) is 0. The molecule has 3 rings (SSSR count). The van der Waals surface area contributed by atoms with Crippen LogP contribution >= 0.6 is 11.6 Å². The predicted molar refractivity (Wildman–Crippen MR) is 72.6 cm³/mol. The SMILES string of the molecule is CCc1nc(Cl)cc2c3ccccc3n(C)c12. The molecule has 3 heteroatoms. The Hall–Kier alpha value is -1.54. The molecular weight excluding hydrogens is 232 g/mol. The molecule has 86 valence electrons. The third kappa shape index (κ3) is 1.44. The van der Waals surface area contributed by atoms with Crippen LogP contribution in [0.4, 0.5) is 0 Å². The Morgan fingerprint density at radius 3 is 2.76 bits per heavy atom. The number of nitrogens with zero attached hydrogens (tertiary/aromatic N) is 2. The van der Waals surface area contributed by atoms with Crippen molar-refractivity contribution < 1.29 is 0 Å². The summed E-state index contributed by atoms with van der Waals surface area (Å²) in [6, 6.07) is 10.3. The number of hydrogen-bond acceptors (Lipinski definition) is 1. The minimum Gasteiger partial charge on any atom is -0.342 e. The summed E-state index contributed by atoms with van der Waals surface area (Å²) in [7, 11) is 2.08. The first kappa shape index (κ1) is 10.6. The molecular formula is C14H13ClN2. The molecule has 0 saturated carbocycles. The van der Waals surface area contributed by atoms with E-state index in [9.17, 15) is 0 Å². The normalized spacial score (nSPS) is 11.5. The highest BCUT2D eigenvalue weighted by atomic mass is 35.5. The summed E-state index contributed by atoms with van der Waals surface area (Å²) in [5.41, 5.74) is 3.48. The minimum absolute atomic E-state index is 0.575. The van der Waals surface area contributed by atoms with Crippen molar-refractivity contribution in [2.75, 3.05) is 0 Å². The summed E-state index contributed by atoms with van der Waals surface area (Å²) in [5.74, 6) is 0. The first-order valence-electron chi connectivity index (χ1n) is 5.75. The van der Waals surface area contributed by atoms with E-state index in [4.69, 9.17) is 11.6 Å². The Balaban J connectivity index is 2.61. The van der Waals surface area contributed by atoms with Gasteiger partial charge in [0.15, 0.2) is 0 Å². The molecule has 0 unspecified atom stereocenters. The van der Waals surface area contributed by atoms with Crippen LogP contribution < -0.4 is 0 Å². The molecule has 0 N–H and O–H groups in total. The van der Waals surface area contributed by atoms with E-state index in [0.29, 0.717) is 5.15 Å². The molecule has 0 aliphatic carbocycles. The monoisotopic (exact) mass is 244 g/mol. The summed E-state index contributed by atoms with van der Waals surface area (Å²) in [5, 5.41) is 3.01. The zero-order chi connectivity index (χ0) is 12.0. The number of halogens is 1.